The number of anilines is 2. The maximum atomic E-state index is 12.6. The lowest BCUT2D eigenvalue weighted by atomic mass is 10.0. The number of benzene rings is 4. The summed E-state index contributed by atoms with van der Waals surface area (Å²) in [6, 6.07) is 26.9. The van der Waals surface area contributed by atoms with E-state index >= 15 is 0 Å². The monoisotopic (exact) mass is 812 g/mol. The summed E-state index contributed by atoms with van der Waals surface area (Å²) in [6.07, 6.45) is 0.710. The molecule has 0 saturated carbocycles. The fraction of sp³-hybridized carbons (Fsp3) is 0. The van der Waals surface area contributed by atoms with E-state index < -0.39 is 23.8 Å². The number of rotatable bonds is 9. The molecular formula is C41H24N4O11S2. The number of carbonyl (C=O) groups excluding carboxylic acids is 3. The summed E-state index contributed by atoms with van der Waals surface area (Å²) in [4.78, 5) is 67.9. The predicted octanol–water partition coefficient (Wildman–Crippen LogP) is 9.28. The summed E-state index contributed by atoms with van der Waals surface area (Å²) in [5, 5.41) is 38.6. The Hall–Kier alpha value is -7.89. The van der Waals surface area contributed by atoms with Gasteiger partial charge in [-0.2, -0.15) is 0 Å². The molecule has 58 heavy (non-hydrogen) atoms. The van der Waals surface area contributed by atoms with Crippen LogP contribution in [0.25, 0.3) is 55.6 Å². The van der Waals surface area contributed by atoms with Gasteiger partial charge in [-0.15, -0.1) is 22.7 Å². The van der Waals surface area contributed by atoms with Crippen molar-refractivity contribution in [2.24, 2.45) is 0 Å². The second-order valence-corrected chi connectivity index (χ2v) is 14.0. The number of furan rings is 1. The maximum absolute atomic E-state index is 12.6. The Morgan fingerprint density at radius 3 is 1.69 bits per heavy atom. The van der Waals surface area contributed by atoms with Crippen LogP contribution in [0, 0.1) is 0 Å². The van der Waals surface area contributed by atoms with Gasteiger partial charge in [0.25, 0.3) is 11.8 Å². The van der Waals surface area contributed by atoms with Crippen LogP contribution in [0.2, 0.25) is 0 Å². The van der Waals surface area contributed by atoms with E-state index in [0.717, 1.165) is 22.7 Å². The minimum atomic E-state index is -1.23. The third-order valence-corrected chi connectivity index (χ3v) is 10.4. The van der Waals surface area contributed by atoms with Crippen molar-refractivity contribution in [3.05, 3.63) is 136 Å². The lowest BCUT2D eigenvalue weighted by Gasteiger charge is -2.04. The van der Waals surface area contributed by atoms with Crippen molar-refractivity contribution in [3.63, 3.8) is 0 Å². The number of phenolic OH excluding ortho intramolecular Hbond substituents is 1. The van der Waals surface area contributed by atoms with Crippen LogP contribution >= 0.6 is 22.7 Å². The van der Waals surface area contributed by atoms with Gasteiger partial charge in [0.2, 0.25) is 0 Å². The summed E-state index contributed by atoms with van der Waals surface area (Å²) in [6.45, 7) is 0. The van der Waals surface area contributed by atoms with Crippen molar-refractivity contribution in [2.75, 3.05) is 10.6 Å². The van der Waals surface area contributed by atoms with Crippen LogP contribution in [0.5, 0.6) is 5.75 Å². The van der Waals surface area contributed by atoms with Gasteiger partial charge in [0, 0.05) is 32.8 Å². The fourth-order valence-electron chi connectivity index (χ4n) is 5.89. The number of thiophene rings is 2. The molecule has 0 spiro atoms. The molecule has 286 valence electrons. The van der Waals surface area contributed by atoms with Gasteiger partial charge in [-0.25, -0.2) is 19.6 Å². The first-order valence-electron chi connectivity index (χ1n) is 16.9. The third kappa shape index (κ3) is 7.16. The van der Waals surface area contributed by atoms with Gasteiger partial charge in [0.15, 0.2) is 22.5 Å². The zero-order valence-corrected chi connectivity index (χ0v) is 30.9. The zero-order chi connectivity index (χ0) is 40.5. The normalized spacial score (nSPS) is 11.0. The van der Waals surface area contributed by atoms with E-state index in [1.165, 1.54) is 6.07 Å². The van der Waals surface area contributed by atoms with E-state index in [-0.39, 0.29) is 55.6 Å². The second kappa shape index (κ2) is 15.3. The smallest absolute Gasteiger partial charge is 0.339 e. The van der Waals surface area contributed by atoms with Gasteiger partial charge in [0.1, 0.15) is 44.2 Å². The number of carboxylic acids is 2. The van der Waals surface area contributed by atoms with Crippen molar-refractivity contribution in [2.45, 2.75) is 0 Å². The molecule has 0 saturated heterocycles. The first-order chi connectivity index (χ1) is 28.1. The Morgan fingerprint density at radius 2 is 1.17 bits per heavy atom. The average Bonchev–Trinajstić information content (AvgIpc) is 4.06. The first kappa shape index (κ1) is 37.1. The standard InChI is InChI=1S/C21H12N2O6S.C20H12N2O5S/c24-13-6-3-4-10-8-15(28-17(10)13)11-9-30-20(16(11)21(26)27)23-18(25)19-22-12-5-1-2-7-14(12)29-19;23-9-11-5-7-12(8-6-11)13-10-28-19(16(13)20(25)26)22-17(24)18-21-14-3-1-2-4-15(14)27-18/h1-9,24H,(H,23,25)(H,26,27);1-10H,(H,22,24)(H,25,26). The van der Waals surface area contributed by atoms with E-state index in [4.69, 9.17) is 13.3 Å². The van der Waals surface area contributed by atoms with Gasteiger partial charge < -0.3 is 39.2 Å². The van der Waals surface area contributed by atoms with Crippen LogP contribution in [0.4, 0.5) is 10.0 Å². The highest BCUT2D eigenvalue weighted by molar-refractivity contribution is 7.15. The van der Waals surface area contributed by atoms with Crippen LogP contribution in [0.1, 0.15) is 52.4 Å². The molecule has 0 fully saturated rings. The van der Waals surface area contributed by atoms with E-state index in [2.05, 4.69) is 20.6 Å². The molecule has 2 amide bonds. The zero-order valence-electron chi connectivity index (χ0n) is 29.3. The van der Waals surface area contributed by atoms with Crippen LogP contribution in [-0.4, -0.2) is 55.3 Å². The average molecular weight is 813 g/mol. The molecule has 0 unspecified atom stereocenters. The Labute approximate surface area is 332 Å². The molecule has 4 aromatic carbocycles. The molecule has 0 aliphatic carbocycles. The number of carboxylic acid groups (broad SMARTS) is 2. The van der Waals surface area contributed by atoms with E-state index in [1.54, 1.807) is 102 Å². The van der Waals surface area contributed by atoms with Gasteiger partial charge in [-0.1, -0.05) is 60.7 Å². The topological polar surface area (TPSA) is 235 Å². The highest BCUT2D eigenvalue weighted by Gasteiger charge is 2.26. The largest absolute Gasteiger partial charge is 0.504 e. The van der Waals surface area contributed by atoms with E-state index in [1.807, 2.05) is 0 Å². The number of hydrogen-bond donors (Lipinski definition) is 5. The van der Waals surface area contributed by atoms with Crippen molar-refractivity contribution >= 4 is 95.9 Å². The SMILES string of the molecule is O=C(Nc1scc(-c2cc3cccc(O)c3o2)c1C(=O)O)c1nc2ccccc2o1.O=Cc1ccc(-c2csc(NC(=O)c3nc4ccccc4o3)c2C(=O)O)cc1. The van der Waals surface area contributed by atoms with Crippen molar-refractivity contribution in [3.8, 4) is 28.2 Å². The quantitative estimate of drug-likeness (QED) is 0.0856. The Kier molecular flexibility index (Phi) is 9.79. The number of aldehydes is 1. The summed E-state index contributed by atoms with van der Waals surface area (Å²) < 4.78 is 16.5. The number of hydrogen-bond acceptors (Lipinski definition) is 13. The van der Waals surface area contributed by atoms with Gasteiger partial charge >= 0.3 is 23.8 Å². The summed E-state index contributed by atoms with van der Waals surface area (Å²) in [7, 11) is 0. The number of aromatic carboxylic acids is 2. The summed E-state index contributed by atoms with van der Waals surface area (Å²) in [5.41, 5.74) is 3.93. The van der Waals surface area contributed by atoms with E-state index in [9.17, 15) is 39.3 Å². The van der Waals surface area contributed by atoms with Crippen LogP contribution in [0.15, 0.2) is 121 Å². The lowest BCUT2D eigenvalue weighted by Crippen LogP contribution is -2.13. The number of oxazole rings is 2. The minimum absolute atomic E-state index is 0.0340. The molecule has 5 heterocycles. The Morgan fingerprint density at radius 1 is 0.638 bits per heavy atom. The summed E-state index contributed by atoms with van der Waals surface area (Å²) >= 11 is 2.13. The van der Waals surface area contributed by atoms with Crippen molar-refractivity contribution in [1.82, 2.24) is 9.97 Å². The van der Waals surface area contributed by atoms with Gasteiger partial charge in [-0.3, -0.25) is 14.4 Å². The predicted molar refractivity (Wildman–Crippen MR) is 214 cm³/mol. The summed E-state index contributed by atoms with van der Waals surface area (Å²) in [5.74, 6) is -3.81. The molecule has 5 aromatic heterocycles. The highest BCUT2D eigenvalue weighted by Crippen LogP contribution is 2.40. The number of fused-ring (bicyclic) bond motifs is 3. The number of para-hydroxylation sites is 5. The molecule has 9 aromatic rings. The molecule has 17 heteroatoms. The number of nitrogens with zero attached hydrogens (tertiary/aromatic N) is 2. The molecule has 9 rings (SSSR count). The molecule has 0 atom stereocenters. The van der Waals surface area contributed by atoms with Crippen LogP contribution in [-0.2, 0) is 0 Å². The molecule has 0 radical (unpaired) electrons. The highest BCUT2D eigenvalue weighted by atomic mass is 32.1. The number of aromatic hydroxyl groups is 1. The van der Waals surface area contributed by atoms with Crippen molar-refractivity contribution in [1.29, 1.82) is 0 Å². The number of phenols is 1. The lowest BCUT2D eigenvalue weighted by molar-refractivity contribution is 0.0688. The van der Waals surface area contributed by atoms with Crippen LogP contribution < -0.4 is 10.6 Å². The number of amides is 2. The van der Waals surface area contributed by atoms with Gasteiger partial charge in [-0.05, 0) is 42.0 Å². The molecule has 15 nitrogen and oxygen atoms in total. The maximum Gasteiger partial charge on any atom is 0.339 e. The fourth-order valence-corrected chi connectivity index (χ4v) is 7.78. The van der Waals surface area contributed by atoms with E-state index in [0.29, 0.717) is 50.6 Å². The molecule has 0 bridgehead atoms. The molecule has 0 aliphatic rings. The molecule has 0 aliphatic heterocycles. The first-order valence-corrected chi connectivity index (χ1v) is 18.6. The minimum Gasteiger partial charge on any atom is -0.504 e. The number of carbonyl (C=O) groups is 5. The Bertz CT molecular complexity index is 3000. The second-order valence-electron chi connectivity index (χ2n) is 12.2. The van der Waals surface area contributed by atoms with Gasteiger partial charge in [0.05, 0.1) is 0 Å². The number of nitrogens with one attached hydrogen (secondary N) is 2. The Balaban J connectivity index is 0.000000162. The van der Waals surface area contributed by atoms with Crippen molar-refractivity contribution < 1.29 is 52.5 Å². The molecular weight excluding hydrogens is 789 g/mol. The number of aromatic nitrogens is 2. The molecule has 5 N–H and O–H groups in total. The van der Waals surface area contributed by atoms with Crippen LogP contribution in [0.3, 0.4) is 0 Å². The third-order valence-electron chi connectivity index (χ3n) is 8.59.